The maximum Gasteiger partial charge on any atom is 0.299 e. The van der Waals surface area contributed by atoms with Crippen LogP contribution < -0.4 is 9.64 Å². The van der Waals surface area contributed by atoms with Gasteiger partial charge in [-0.15, -0.1) is 0 Å². The Kier molecular flexibility index (Phi) is 3.51. The van der Waals surface area contributed by atoms with Crippen LogP contribution in [0.5, 0.6) is 5.75 Å². The second kappa shape index (κ2) is 5.33. The maximum atomic E-state index is 12.1. The summed E-state index contributed by atoms with van der Waals surface area (Å²) in [5, 5.41) is 0. The predicted octanol–water partition coefficient (Wildman–Crippen LogP) is 3.19. The van der Waals surface area contributed by atoms with Gasteiger partial charge in [-0.2, -0.15) is 0 Å². The van der Waals surface area contributed by atoms with Gasteiger partial charge in [-0.25, -0.2) is 0 Å². The van der Waals surface area contributed by atoms with Crippen LogP contribution in [0.25, 0.3) is 0 Å². The van der Waals surface area contributed by atoms with E-state index in [1.807, 2.05) is 30.3 Å². The first-order chi connectivity index (χ1) is 10.1. The molecule has 5 heteroatoms. The summed E-state index contributed by atoms with van der Waals surface area (Å²) < 4.78 is 5.89. The van der Waals surface area contributed by atoms with E-state index in [0.29, 0.717) is 17.8 Å². The number of carbonyl (C=O) groups is 2. The quantitative estimate of drug-likeness (QED) is 0.802. The van der Waals surface area contributed by atoms with E-state index in [1.165, 1.54) is 4.90 Å². The zero-order valence-corrected chi connectivity index (χ0v) is 12.9. The summed E-state index contributed by atoms with van der Waals surface area (Å²) in [5.41, 5.74) is 2.04. The van der Waals surface area contributed by atoms with Gasteiger partial charge in [-0.1, -0.05) is 28.1 Å². The summed E-state index contributed by atoms with van der Waals surface area (Å²) in [5.74, 6) is -0.189. The number of ketones is 1. The minimum Gasteiger partial charge on any atom is -0.497 e. The molecule has 0 fully saturated rings. The number of Topliss-reactive ketones (excluding diaryl/α,β-unsaturated/α-hetero) is 1. The molecule has 3 rings (SSSR count). The van der Waals surface area contributed by atoms with Gasteiger partial charge in [-0.3, -0.25) is 9.59 Å². The van der Waals surface area contributed by atoms with E-state index in [-0.39, 0.29) is 0 Å². The summed E-state index contributed by atoms with van der Waals surface area (Å²) >= 11 is 3.32. The van der Waals surface area contributed by atoms with Crippen LogP contribution in [-0.2, 0) is 11.3 Å². The van der Waals surface area contributed by atoms with Crippen molar-refractivity contribution in [2.45, 2.75) is 6.54 Å². The van der Waals surface area contributed by atoms with Gasteiger partial charge in [0.1, 0.15) is 5.75 Å². The van der Waals surface area contributed by atoms with E-state index in [9.17, 15) is 9.59 Å². The van der Waals surface area contributed by atoms with Crippen molar-refractivity contribution in [3.63, 3.8) is 0 Å². The van der Waals surface area contributed by atoms with E-state index in [2.05, 4.69) is 15.9 Å². The van der Waals surface area contributed by atoms with Crippen LogP contribution in [0.2, 0.25) is 0 Å². The fourth-order valence-electron chi connectivity index (χ4n) is 2.34. The molecule has 0 radical (unpaired) electrons. The number of amides is 1. The average Bonchev–Trinajstić information content (AvgIpc) is 2.73. The highest BCUT2D eigenvalue weighted by atomic mass is 79.9. The van der Waals surface area contributed by atoms with Crippen LogP contribution in [0.3, 0.4) is 0 Å². The number of ether oxygens (including phenoxy) is 1. The van der Waals surface area contributed by atoms with Crippen LogP contribution in [-0.4, -0.2) is 18.8 Å². The van der Waals surface area contributed by atoms with Crippen LogP contribution in [0, 0.1) is 0 Å². The van der Waals surface area contributed by atoms with Crippen molar-refractivity contribution in [2.24, 2.45) is 0 Å². The van der Waals surface area contributed by atoms with E-state index in [1.54, 1.807) is 19.2 Å². The van der Waals surface area contributed by atoms with Crippen LogP contribution in [0.1, 0.15) is 15.9 Å². The van der Waals surface area contributed by atoms with Gasteiger partial charge in [0.25, 0.3) is 11.7 Å². The number of methoxy groups -OCH3 is 1. The Hall–Kier alpha value is -2.14. The Labute approximate surface area is 130 Å². The highest BCUT2D eigenvalue weighted by molar-refractivity contribution is 9.10. The molecule has 1 aliphatic heterocycles. The number of halogens is 1. The molecule has 0 saturated heterocycles. The molecule has 2 aromatic rings. The third-order valence-electron chi connectivity index (χ3n) is 3.43. The number of anilines is 1. The molecule has 1 amide bonds. The zero-order valence-electron chi connectivity index (χ0n) is 11.3. The molecular formula is C16H12BrNO3. The number of fused-ring (bicyclic) bond motifs is 1. The Morgan fingerprint density at radius 3 is 2.48 bits per heavy atom. The molecule has 1 aliphatic rings. The summed E-state index contributed by atoms with van der Waals surface area (Å²) in [4.78, 5) is 25.7. The molecule has 0 N–H and O–H groups in total. The van der Waals surface area contributed by atoms with Gasteiger partial charge in [0, 0.05) is 4.47 Å². The Morgan fingerprint density at radius 2 is 1.81 bits per heavy atom. The van der Waals surface area contributed by atoms with E-state index >= 15 is 0 Å². The summed E-state index contributed by atoms with van der Waals surface area (Å²) in [6.45, 7) is 0.364. The van der Waals surface area contributed by atoms with E-state index in [0.717, 1.165) is 15.8 Å². The summed E-state index contributed by atoms with van der Waals surface area (Å²) in [6.07, 6.45) is 0. The molecule has 0 bridgehead atoms. The average molecular weight is 346 g/mol. The molecule has 0 atom stereocenters. The van der Waals surface area contributed by atoms with Crippen molar-refractivity contribution >= 4 is 33.3 Å². The third kappa shape index (κ3) is 2.45. The minimum atomic E-state index is -0.487. The highest BCUT2D eigenvalue weighted by Crippen LogP contribution is 2.32. The molecule has 0 saturated carbocycles. The van der Waals surface area contributed by atoms with Crippen molar-refractivity contribution in [1.29, 1.82) is 0 Å². The Bertz CT molecular complexity index is 725. The lowest BCUT2D eigenvalue weighted by molar-refractivity contribution is -0.114. The highest BCUT2D eigenvalue weighted by Gasteiger charge is 2.35. The molecule has 0 unspecified atom stereocenters. The molecule has 2 aromatic carbocycles. The largest absolute Gasteiger partial charge is 0.497 e. The predicted molar refractivity (Wildman–Crippen MR) is 82.7 cm³/mol. The van der Waals surface area contributed by atoms with Crippen LogP contribution in [0.15, 0.2) is 46.9 Å². The number of hydrogen-bond acceptors (Lipinski definition) is 3. The van der Waals surface area contributed by atoms with Crippen molar-refractivity contribution in [3.05, 3.63) is 58.1 Å². The monoisotopic (exact) mass is 345 g/mol. The lowest BCUT2D eigenvalue weighted by Crippen LogP contribution is -2.29. The first kappa shape index (κ1) is 13.8. The second-order valence-corrected chi connectivity index (χ2v) is 5.65. The molecule has 1 heterocycles. The molecule has 21 heavy (non-hydrogen) atoms. The first-order valence-electron chi connectivity index (χ1n) is 6.39. The fraction of sp³-hybridized carbons (Fsp3) is 0.125. The molecule has 0 spiro atoms. The lowest BCUT2D eigenvalue weighted by atomic mass is 10.1. The molecule has 4 nitrogen and oxygen atoms in total. The van der Waals surface area contributed by atoms with Crippen molar-refractivity contribution in [1.82, 2.24) is 0 Å². The maximum absolute atomic E-state index is 12.1. The second-order valence-electron chi connectivity index (χ2n) is 4.73. The smallest absolute Gasteiger partial charge is 0.299 e. The number of hydrogen-bond donors (Lipinski definition) is 0. The Morgan fingerprint density at radius 1 is 1.10 bits per heavy atom. The normalized spacial score (nSPS) is 13.5. The first-order valence-corrected chi connectivity index (χ1v) is 7.18. The fourth-order valence-corrected chi connectivity index (χ4v) is 2.70. The van der Waals surface area contributed by atoms with Gasteiger partial charge in [0.05, 0.1) is 24.9 Å². The van der Waals surface area contributed by atoms with E-state index in [4.69, 9.17) is 4.74 Å². The molecular weight excluding hydrogens is 334 g/mol. The van der Waals surface area contributed by atoms with Gasteiger partial charge in [0.2, 0.25) is 0 Å². The standard InChI is InChI=1S/C16H12BrNO3/c1-21-12-5-2-10(3-6-12)9-18-14-7-4-11(17)8-13(14)15(19)16(18)20/h2-8H,9H2,1H3. The van der Waals surface area contributed by atoms with Crippen LogP contribution >= 0.6 is 15.9 Å². The molecule has 106 valence electrons. The van der Waals surface area contributed by atoms with Gasteiger partial charge < -0.3 is 9.64 Å². The number of carbonyl (C=O) groups excluding carboxylic acids is 2. The third-order valence-corrected chi connectivity index (χ3v) is 3.93. The summed E-state index contributed by atoms with van der Waals surface area (Å²) in [7, 11) is 1.60. The van der Waals surface area contributed by atoms with Crippen molar-refractivity contribution in [2.75, 3.05) is 12.0 Å². The summed E-state index contributed by atoms with van der Waals surface area (Å²) in [6, 6.07) is 12.7. The lowest BCUT2D eigenvalue weighted by Gasteiger charge is -2.16. The van der Waals surface area contributed by atoms with Crippen molar-refractivity contribution < 1.29 is 14.3 Å². The Balaban J connectivity index is 1.92. The number of nitrogens with zero attached hydrogens (tertiary/aromatic N) is 1. The SMILES string of the molecule is COc1ccc(CN2C(=O)C(=O)c3cc(Br)ccc32)cc1. The van der Waals surface area contributed by atoms with E-state index < -0.39 is 11.7 Å². The van der Waals surface area contributed by atoms with Crippen molar-refractivity contribution in [3.8, 4) is 5.75 Å². The topological polar surface area (TPSA) is 46.6 Å². The van der Waals surface area contributed by atoms with Gasteiger partial charge in [-0.05, 0) is 35.9 Å². The van der Waals surface area contributed by atoms with Gasteiger partial charge >= 0.3 is 0 Å². The number of rotatable bonds is 3. The van der Waals surface area contributed by atoms with Crippen LogP contribution in [0.4, 0.5) is 5.69 Å². The number of benzene rings is 2. The zero-order chi connectivity index (χ0) is 15.0. The van der Waals surface area contributed by atoms with Gasteiger partial charge in [0.15, 0.2) is 0 Å². The molecule has 0 aliphatic carbocycles. The molecule has 0 aromatic heterocycles. The minimum absolute atomic E-state index is 0.364.